The third kappa shape index (κ3) is 5.34. The van der Waals surface area contributed by atoms with Gasteiger partial charge in [0.25, 0.3) is 5.91 Å². The number of nitrogens with zero attached hydrogens (tertiary/aromatic N) is 5. The summed E-state index contributed by atoms with van der Waals surface area (Å²) in [6, 6.07) is 7.04. The Morgan fingerprint density at radius 3 is 2.71 bits per heavy atom. The Kier molecular flexibility index (Phi) is 7.14. The summed E-state index contributed by atoms with van der Waals surface area (Å²) in [6.45, 7) is 0.129. The molecule has 3 heterocycles. The molecule has 0 bridgehead atoms. The van der Waals surface area contributed by atoms with Crippen LogP contribution in [0.5, 0.6) is 5.88 Å². The lowest BCUT2D eigenvalue weighted by atomic mass is 9.95. The fourth-order valence-electron chi connectivity index (χ4n) is 3.84. The fourth-order valence-corrected chi connectivity index (χ4v) is 3.84. The summed E-state index contributed by atoms with van der Waals surface area (Å²) in [4.78, 5) is 42.1. The second kappa shape index (κ2) is 10.4. The minimum atomic E-state index is -0.380. The van der Waals surface area contributed by atoms with Crippen LogP contribution in [0.4, 0.5) is 4.39 Å². The van der Waals surface area contributed by atoms with E-state index in [0.29, 0.717) is 29.8 Å². The van der Waals surface area contributed by atoms with Gasteiger partial charge < -0.3 is 14.5 Å². The number of fused-ring (bicyclic) bond motifs is 1. The number of hydrogen-bond donors (Lipinski definition) is 0. The molecule has 0 fully saturated rings. The highest BCUT2D eigenvalue weighted by atomic mass is 19.1. The maximum absolute atomic E-state index is 13.8. The van der Waals surface area contributed by atoms with Gasteiger partial charge in [-0.15, -0.1) is 0 Å². The summed E-state index contributed by atoms with van der Waals surface area (Å²) in [5, 5.41) is 0. The van der Waals surface area contributed by atoms with E-state index in [0.717, 1.165) is 16.9 Å². The van der Waals surface area contributed by atoms with Gasteiger partial charge in [-0.05, 0) is 36.3 Å². The molecule has 4 rings (SSSR count). The first-order valence-electron chi connectivity index (χ1n) is 11.2. The molecule has 9 heteroatoms. The molecule has 2 aromatic heterocycles. The number of aliphatic imine (C=N–C) groups is 1. The lowest BCUT2D eigenvalue weighted by molar-refractivity contribution is -0.129. The van der Waals surface area contributed by atoms with E-state index in [9.17, 15) is 14.0 Å². The summed E-state index contributed by atoms with van der Waals surface area (Å²) >= 11 is 0. The third-order valence-electron chi connectivity index (χ3n) is 5.84. The molecule has 0 aromatic carbocycles. The van der Waals surface area contributed by atoms with Gasteiger partial charge in [-0.2, -0.15) is 0 Å². The van der Waals surface area contributed by atoms with E-state index in [-0.39, 0.29) is 36.4 Å². The molecule has 180 valence electrons. The maximum atomic E-state index is 13.8. The molecule has 2 aromatic rings. The van der Waals surface area contributed by atoms with Gasteiger partial charge >= 0.3 is 0 Å². The van der Waals surface area contributed by atoms with Crippen molar-refractivity contribution in [3.05, 3.63) is 77.7 Å². The van der Waals surface area contributed by atoms with Gasteiger partial charge in [-0.3, -0.25) is 19.6 Å². The second-order valence-electron chi connectivity index (χ2n) is 8.33. The number of carbonyl (C=O) groups is 2. The van der Waals surface area contributed by atoms with Crippen molar-refractivity contribution in [1.82, 2.24) is 19.8 Å². The van der Waals surface area contributed by atoms with Crippen molar-refractivity contribution in [2.45, 2.75) is 12.8 Å². The molecule has 0 spiro atoms. The Balaban J connectivity index is 1.59. The van der Waals surface area contributed by atoms with Gasteiger partial charge in [-0.1, -0.05) is 6.07 Å². The summed E-state index contributed by atoms with van der Waals surface area (Å²) in [7, 11) is 4.81. The van der Waals surface area contributed by atoms with Crippen molar-refractivity contribution in [2.75, 3.05) is 34.3 Å². The number of rotatable bonds is 8. The Morgan fingerprint density at radius 2 is 2.00 bits per heavy atom. The summed E-state index contributed by atoms with van der Waals surface area (Å²) in [5.41, 5.74) is 3.91. The highest BCUT2D eigenvalue weighted by Gasteiger charge is 2.26. The Labute approximate surface area is 203 Å². The van der Waals surface area contributed by atoms with Crippen molar-refractivity contribution in [1.29, 1.82) is 0 Å². The smallest absolute Gasteiger partial charge is 0.273 e. The predicted octanol–water partition coefficient (Wildman–Crippen LogP) is 3.59. The van der Waals surface area contributed by atoms with E-state index in [1.54, 1.807) is 57.0 Å². The molecule has 0 N–H and O–H groups in total. The monoisotopic (exact) mass is 475 g/mol. The molecule has 0 atom stereocenters. The van der Waals surface area contributed by atoms with E-state index in [2.05, 4.69) is 15.0 Å². The van der Waals surface area contributed by atoms with E-state index >= 15 is 0 Å². The van der Waals surface area contributed by atoms with Crippen LogP contribution in [-0.4, -0.2) is 71.6 Å². The highest BCUT2D eigenvalue weighted by Crippen LogP contribution is 2.30. The van der Waals surface area contributed by atoms with Crippen LogP contribution in [0, 0.1) is 0 Å². The zero-order chi connectivity index (χ0) is 24.9. The first-order chi connectivity index (χ1) is 16.9. The van der Waals surface area contributed by atoms with Gasteiger partial charge in [0.2, 0.25) is 11.8 Å². The lowest BCUT2D eigenvalue weighted by Crippen LogP contribution is -2.41. The second-order valence-corrected chi connectivity index (χ2v) is 8.33. The van der Waals surface area contributed by atoms with Crippen LogP contribution in [0.2, 0.25) is 0 Å². The standard InChI is InChI=1S/C26H26FN5O3/c1-31(2)24(33)16-32(12-10-18-14-29-22-8-7-19(27)13-21(18)22)26(34)25-20(5-4-11-28-25)17-6-9-23(35-3)30-15-17/h4-7,9,11,13-15H,8,10,12,16H2,1-3H3. The number of amides is 2. The molecule has 0 radical (unpaired) electrons. The number of hydrogen-bond acceptors (Lipinski definition) is 6. The van der Waals surface area contributed by atoms with E-state index in [4.69, 9.17) is 4.74 Å². The van der Waals surface area contributed by atoms with E-state index in [1.807, 2.05) is 0 Å². The lowest BCUT2D eigenvalue weighted by Gasteiger charge is -2.25. The normalized spacial score (nSPS) is 14.3. The van der Waals surface area contributed by atoms with Gasteiger partial charge in [0.15, 0.2) is 0 Å². The summed E-state index contributed by atoms with van der Waals surface area (Å²) in [6.07, 6.45) is 8.67. The first-order valence-corrected chi connectivity index (χ1v) is 11.2. The number of allylic oxidation sites excluding steroid dienone is 4. The molecule has 1 aliphatic carbocycles. The number of ether oxygens (including phenoxy) is 1. The number of likely N-dealkylation sites (N-methyl/N-ethyl adjacent to an activating group) is 1. The highest BCUT2D eigenvalue weighted by molar-refractivity contribution is 6.08. The minimum absolute atomic E-state index is 0.114. The van der Waals surface area contributed by atoms with E-state index in [1.165, 1.54) is 29.1 Å². The zero-order valence-electron chi connectivity index (χ0n) is 19.9. The number of aromatic nitrogens is 2. The molecular weight excluding hydrogens is 449 g/mol. The molecule has 0 unspecified atom stereocenters. The van der Waals surface area contributed by atoms with Gasteiger partial charge in [0, 0.05) is 68.4 Å². The SMILES string of the molecule is COc1ccc(-c2cccnc2C(=O)N(CCC2=CN=C3CC=C(F)C=C23)CC(=O)N(C)C)cn1. The van der Waals surface area contributed by atoms with Crippen molar-refractivity contribution >= 4 is 17.5 Å². The number of carbonyl (C=O) groups excluding carboxylic acids is 2. The van der Waals surface area contributed by atoms with Crippen molar-refractivity contribution in [3.8, 4) is 17.0 Å². The zero-order valence-corrected chi connectivity index (χ0v) is 19.9. The summed E-state index contributed by atoms with van der Waals surface area (Å²) in [5.74, 6) is -0.438. The Bertz CT molecular complexity index is 1260. The van der Waals surface area contributed by atoms with Crippen LogP contribution < -0.4 is 4.74 Å². The molecule has 2 aliphatic rings. The largest absolute Gasteiger partial charge is 0.481 e. The molecule has 1 aliphatic heterocycles. The average molecular weight is 476 g/mol. The number of methoxy groups -OCH3 is 1. The first kappa shape index (κ1) is 24.0. The van der Waals surface area contributed by atoms with Crippen LogP contribution in [0.3, 0.4) is 0 Å². The Morgan fingerprint density at radius 1 is 1.17 bits per heavy atom. The van der Waals surface area contributed by atoms with Crippen LogP contribution in [0.1, 0.15) is 23.3 Å². The fraction of sp³-hybridized carbons (Fsp3) is 0.269. The quantitative estimate of drug-likeness (QED) is 0.582. The van der Waals surface area contributed by atoms with Crippen molar-refractivity contribution in [3.63, 3.8) is 0 Å². The minimum Gasteiger partial charge on any atom is -0.481 e. The van der Waals surface area contributed by atoms with Crippen LogP contribution in [0.25, 0.3) is 11.1 Å². The van der Waals surface area contributed by atoms with Crippen LogP contribution >= 0.6 is 0 Å². The number of pyridine rings is 2. The van der Waals surface area contributed by atoms with Crippen molar-refractivity contribution in [2.24, 2.45) is 4.99 Å². The Hall–Kier alpha value is -4.14. The van der Waals surface area contributed by atoms with Gasteiger partial charge in [0.05, 0.1) is 12.8 Å². The molecule has 0 saturated heterocycles. The van der Waals surface area contributed by atoms with Gasteiger partial charge in [-0.25, -0.2) is 9.37 Å². The molecule has 0 saturated carbocycles. The number of halogens is 1. The topological polar surface area (TPSA) is 88.0 Å². The molecule has 2 amide bonds. The summed E-state index contributed by atoms with van der Waals surface area (Å²) < 4.78 is 18.9. The van der Waals surface area contributed by atoms with Crippen molar-refractivity contribution < 1.29 is 18.7 Å². The van der Waals surface area contributed by atoms with E-state index < -0.39 is 0 Å². The van der Waals surface area contributed by atoms with Crippen LogP contribution in [0.15, 0.2) is 77.0 Å². The predicted molar refractivity (Wildman–Crippen MR) is 131 cm³/mol. The molecule has 8 nitrogen and oxygen atoms in total. The third-order valence-corrected chi connectivity index (χ3v) is 5.84. The van der Waals surface area contributed by atoms with Gasteiger partial charge in [0.1, 0.15) is 18.1 Å². The molecular formula is C26H26FN5O3. The molecule has 35 heavy (non-hydrogen) atoms. The van der Waals surface area contributed by atoms with Crippen LogP contribution in [-0.2, 0) is 4.79 Å². The maximum Gasteiger partial charge on any atom is 0.273 e. The average Bonchev–Trinajstić information content (AvgIpc) is 3.27.